The number of carbonyl (C=O) groups excluding carboxylic acids is 1. The molecule has 1 saturated heterocycles. The van der Waals surface area contributed by atoms with E-state index in [2.05, 4.69) is 17.3 Å². The van der Waals surface area contributed by atoms with Crippen LogP contribution in [0.1, 0.15) is 25.3 Å². The quantitative estimate of drug-likeness (QED) is 0.763. The summed E-state index contributed by atoms with van der Waals surface area (Å²) < 4.78 is 11.7. The lowest BCUT2D eigenvalue weighted by Gasteiger charge is -2.29. The Morgan fingerprint density at radius 3 is 2.57 bits per heavy atom. The normalized spacial score (nSPS) is 16.4. The fourth-order valence-electron chi connectivity index (χ4n) is 3.11. The molecule has 2 aromatic carbocycles. The maximum atomic E-state index is 12.3. The lowest BCUT2D eigenvalue weighted by molar-refractivity contribution is -0.127. The zero-order chi connectivity index (χ0) is 19.9. The first-order valence-corrected chi connectivity index (χ1v) is 10.0. The van der Waals surface area contributed by atoms with Gasteiger partial charge < -0.3 is 19.7 Å². The Kier molecular flexibility index (Phi) is 7.18. The van der Waals surface area contributed by atoms with Gasteiger partial charge in [-0.2, -0.15) is 0 Å². The van der Waals surface area contributed by atoms with Crippen molar-refractivity contribution in [1.82, 2.24) is 10.2 Å². The largest absolute Gasteiger partial charge is 0.490 e. The standard InChI is InChI=1S/C22H27ClN2O3/c1-16(27-21-5-3-4-18(23)14-21)22(26)24-15-17-6-8-19(9-7-17)28-20-10-12-25(2)13-11-20/h3-9,14,16,20H,10-13,15H2,1-2H3,(H,24,26). The molecule has 1 unspecified atom stereocenters. The molecule has 3 rings (SSSR count). The molecule has 1 heterocycles. The summed E-state index contributed by atoms with van der Waals surface area (Å²) in [5, 5.41) is 3.47. The van der Waals surface area contributed by atoms with Crippen LogP contribution in [0.5, 0.6) is 11.5 Å². The van der Waals surface area contributed by atoms with Crippen LogP contribution in [0.15, 0.2) is 48.5 Å². The predicted octanol–water partition coefficient (Wildman–Crippen LogP) is 3.90. The Hall–Kier alpha value is -2.24. The number of hydrogen-bond donors (Lipinski definition) is 1. The summed E-state index contributed by atoms with van der Waals surface area (Å²) in [4.78, 5) is 14.6. The maximum Gasteiger partial charge on any atom is 0.261 e. The van der Waals surface area contributed by atoms with E-state index in [1.807, 2.05) is 24.3 Å². The third-order valence-electron chi connectivity index (χ3n) is 4.84. The van der Waals surface area contributed by atoms with Crippen molar-refractivity contribution in [2.75, 3.05) is 20.1 Å². The van der Waals surface area contributed by atoms with Crippen LogP contribution in [0, 0.1) is 0 Å². The monoisotopic (exact) mass is 402 g/mol. The number of likely N-dealkylation sites (tertiary alicyclic amines) is 1. The predicted molar refractivity (Wildman–Crippen MR) is 111 cm³/mol. The van der Waals surface area contributed by atoms with Gasteiger partial charge in [0.25, 0.3) is 5.91 Å². The van der Waals surface area contributed by atoms with E-state index >= 15 is 0 Å². The summed E-state index contributed by atoms with van der Waals surface area (Å²) in [6.45, 7) is 4.31. The van der Waals surface area contributed by atoms with E-state index in [9.17, 15) is 4.79 Å². The molecule has 0 aromatic heterocycles. The van der Waals surface area contributed by atoms with Gasteiger partial charge in [0, 0.05) is 24.7 Å². The van der Waals surface area contributed by atoms with Crippen LogP contribution >= 0.6 is 11.6 Å². The van der Waals surface area contributed by atoms with Gasteiger partial charge in [0.05, 0.1) is 0 Å². The van der Waals surface area contributed by atoms with Gasteiger partial charge in [-0.25, -0.2) is 0 Å². The highest BCUT2D eigenvalue weighted by atomic mass is 35.5. The number of benzene rings is 2. The first-order chi connectivity index (χ1) is 13.5. The number of rotatable bonds is 7. The van der Waals surface area contributed by atoms with Gasteiger partial charge in [0.1, 0.15) is 17.6 Å². The van der Waals surface area contributed by atoms with Gasteiger partial charge in [0.2, 0.25) is 0 Å². The van der Waals surface area contributed by atoms with E-state index in [1.165, 1.54) is 0 Å². The highest BCUT2D eigenvalue weighted by Gasteiger charge is 2.18. The fourth-order valence-corrected chi connectivity index (χ4v) is 3.29. The lowest BCUT2D eigenvalue weighted by atomic mass is 10.1. The molecule has 6 heteroatoms. The second-order valence-corrected chi connectivity index (χ2v) is 7.64. The van der Waals surface area contributed by atoms with Crippen molar-refractivity contribution >= 4 is 17.5 Å². The van der Waals surface area contributed by atoms with Gasteiger partial charge in [-0.3, -0.25) is 4.79 Å². The Morgan fingerprint density at radius 2 is 1.89 bits per heavy atom. The number of piperidine rings is 1. The van der Waals surface area contributed by atoms with Gasteiger partial charge in [-0.1, -0.05) is 29.8 Å². The van der Waals surface area contributed by atoms with Crippen LogP contribution in [-0.2, 0) is 11.3 Å². The topological polar surface area (TPSA) is 50.8 Å². The van der Waals surface area contributed by atoms with Crippen molar-refractivity contribution in [3.63, 3.8) is 0 Å². The average Bonchev–Trinajstić information content (AvgIpc) is 2.69. The van der Waals surface area contributed by atoms with E-state index < -0.39 is 6.10 Å². The van der Waals surface area contributed by atoms with E-state index in [-0.39, 0.29) is 12.0 Å². The number of nitrogens with one attached hydrogen (secondary N) is 1. The van der Waals surface area contributed by atoms with Gasteiger partial charge in [-0.05, 0) is 62.7 Å². The highest BCUT2D eigenvalue weighted by Crippen LogP contribution is 2.20. The Labute approximate surface area is 171 Å². The SMILES string of the molecule is CC(Oc1cccc(Cl)c1)C(=O)NCc1ccc(OC2CCN(C)CC2)cc1. The van der Waals surface area contributed by atoms with Crippen molar-refractivity contribution in [2.45, 2.75) is 38.5 Å². The molecular weight excluding hydrogens is 376 g/mol. The molecule has 5 nitrogen and oxygen atoms in total. The Morgan fingerprint density at radius 1 is 1.18 bits per heavy atom. The second kappa shape index (κ2) is 9.80. The smallest absolute Gasteiger partial charge is 0.261 e. The molecule has 28 heavy (non-hydrogen) atoms. The molecule has 0 bridgehead atoms. The summed E-state index contributed by atoms with van der Waals surface area (Å²) in [5.41, 5.74) is 1.01. The van der Waals surface area contributed by atoms with E-state index in [0.717, 1.165) is 37.2 Å². The zero-order valence-corrected chi connectivity index (χ0v) is 17.1. The molecule has 150 valence electrons. The van der Waals surface area contributed by atoms with Crippen LogP contribution in [0.25, 0.3) is 0 Å². The van der Waals surface area contributed by atoms with Crippen LogP contribution in [0.4, 0.5) is 0 Å². The van der Waals surface area contributed by atoms with Crippen molar-refractivity contribution in [3.05, 3.63) is 59.1 Å². The number of carbonyl (C=O) groups is 1. The number of amides is 1. The molecule has 0 radical (unpaired) electrons. The molecule has 2 aromatic rings. The molecule has 1 fully saturated rings. The van der Waals surface area contributed by atoms with E-state index in [0.29, 0.717) is 17.3 Å². The molecule has 1 aliphatic heterocycles. The number of ether oxygens (including phenoxy) is 2. The van der Waals surface area contributed by atoms with Crippen LogP contribution in [0.3, 0.4) is 0 Å². The minimum absolute atomic E-state index is 0.174. The summed E-state index contributed by atoms with van der Waals surface area (Å²) in [7, 11) is 2.14. The first kappa shape index (κ1) is 20.5. The molecule has 0 saturated carbocycles. The second-order valence-electron chi connectivity index (χ2n) is 7.20. The minimum atomic E-state index is -0.606. The number of hydrogen-bond acceptors (Lipinski definition) is 4. The van der Waals surface area contributed by atoms with Crippen molar-refractivity contribution < 1.29 is 14.3 Å². The highest BCUT2D eigenvalue weighted by molar-refractivity contribution is 6.30. The van der Waals surface area contributed by atoms with Gasteiger partial charge in [0.15, 0.2) is 6.10 Å². The molecule has 0 aliphatic carbocycles. The minimum Gasteiger partial charge on any atom is -0.490 e. The lowest BCUT2D eigenvalue weighted by Crippen LogP contribution is -2.36. The van der Waals surface area contributed by atoms with E-state index in [4.69, 9.17) is 21.1 Å². The molecule has 1 aliphatic rings. The third-order valence-corrected chi connectivity index (χ3v) is 5.07. The summed E-state index contributed by atoms with van der Waals surface area (Å²) in [6, 6.07) is 14.9. The number of halogens is 1. The average molecular weight is 403 g/mol. The summed E-state index contributed by atoms with van der Waals surface area (Å²) in [6.07, 6.45) is 1.79. The molecule has 1 atom stereocenters. The molecular formula is C22H27ClN2O3. The summed E-state index contributed by atoms with van der Waals surface area (Å²) in [5.74, 6) is 1.28. The fraction of sp³-hybridized carbons (Fsp3) is 0.409. The third kappa shape index (κ3) is 6.14. The number of nitrogens with zero attached hydrogens (tertiary/aromatic N) is 1. The van der Waals surface area contributed by atoms with Gasteiger partial charge in [-0.15, -0.1) is 0 Å². The van der Waals surface area contributed by atoms with Crippen molar-refractivity contribution in [1.29, 1.82) is 0 Å². The van der Waals surface area contributed by atoms with Crippen LogP contribution < -0.4 is 14.8 Å². The Balaban J connectivity index is 1.44. The van der Waals surface area contributed by atoms with E-state index in [1.54, 1.807) is 31.2 Å². The van der Waals surface area contributed by atoms with Crippen molar-refractivity contribution in [3.8, 4) is 11.5 Å². The maximum absolute atomic E-state index is 12.3. The van der Waals surface area contributed by atoms with Crippen LogP contribution in [0.2, 0.25) is 5.02 Å². The molecule has 1 amide bonds. The summed E-state index contributed by atoms with van der Waals surface area (Å²) >= 11 is 5.94. The van der Waals surface area contributed by atoms with Crippen LogP contribution in [-0.4, -0.2) is 43.2 Å². The Bertz CT molecular complexity index is 774. The zero-order valence-electron chi connectivity index (χ0n) is 16.4. The molecule has 1 N–H and O–H groups in total. The van der Waals surface area contributed by atoms with Crippen molar-refractivity contribution in [2.24, 2.45) is 0 Å². The first-order valence-electron chi connectivity index (χ1n) is 9.63. The van der Waals surface area contributed by atoms with Gasteiger partial charge >= 0.3 is 0 Å². The molecule has 0 spiro atoms.